The van der Waals surface area contributed by atoms with Crippen molar-refractivity contribution in [1.29, 1.82) is 0 Å². The van der Waals surface area contributed by atoms with Gasteiger partial charge in [0, 0.05) is 18.8 Å². The van der Waals surface area contributed by atoms with Crippen molar-refractivity contribution < 1.29 is 4.74 Å². The third-order valence-corrected chi connectivity index (χ3v) is 3.39. The first-order valence-corrected chi connectivity index (χ1v) is 7.31. The minimum atomic E-state index is 0.519. The fourth-order valence-electron chi connectivity index (χ4n) is 2.15. The number of hydrogen-bond acceptors (Lipinski definition) is 4. The van der Waals surface area contributed by atoms with E-state index in [1.807, 2.05) is 31.3 Å². The zero-order valence-corrected chi connectivity index (χ0v) is 13.5. The summed E-state index contributed by atoms with van der Waals surface area (Å²) in [7, 11) is 3.46. The van der Waals surface area contributed by atoms with Crippen molar-refractivity contribution in [2.24, 2.45) is 5.92 Å². The Bertz CT molecular complexity index is 629. The molecule has 0 unspecified atom stereocenters. The van der Waals surface area contributed by atoms with Crippen LogP contribution in [0.1, 0.15) is 19.5 Å². The smallest absolute Gasteiger partial charge is 0.167 e. The molecule has 0 aliphatic carbocycles. The van der Waals surface area contributed by atoms with Gasteiger partial charge in [-0.2, -0.15) is 0 Å². The molecule has 21 heavy (non-hydrogen) atoms. The molecule has 0 fully saturated rings. The van der Waals surface area contributed by atoms with Crippen LogP contribution in [0.2, 0.25) is 5.02 Å². The first-order valence-electron chi connectivity index (χ1n) is 6.93. The van der Waals surface area contributed by atoms with E-state index >= 15 is 0 Å². The predicted octanol–water partition coefficient (Wildman–Crippen LogP) is 4.05. The Morgan fingerprint density at radius 1 is 1.29 bits per heavy atom. The number of benzene rings is 1. The molecule has 0 saturated carbocycles. The lowest BCUT2D eigenvalue weighted by molar-refractivity contribution is 0.416. The summed E-state index contributed by atoms with van der Waals surface area (Å²) in [6.07, 6.45) is 0.886. The van der Waals surface area contributed by atoms with Gasteiger partial charge >= 0.3 is 0 Å². The molecule has 4 nitrogen and oxygen atoms in total. The van der Waals surface area contributed by atoms with Crippen molar-refractivity contribution in [1.82, 2.24) is 9.97 Å². The van der Waals surface area contributed by atoms with Gasteiger partial charge in [-0.15, -0.1) is 0 Å². The lowest BCUT2D eigenvalue weighted by Crippen LogP contribution is -2.04. The topological polar surface area (TPSA) is 47.0 Å². The Balaban J connectivity index is 2.58. The summed E-state index contributed by atoms with van der Waals surface area (Å²) >= 11 is 6.32. The van der Waals surface area contributed by atoms with Gasteiger partial charge < -0.3 is 10.1 Å². The largest absolute Gasteiger partial charge is 0.496 e. The summed E-state index contributed by atoms with van der Waals surface area (Å²) in [5.74, 6) is 2.55. The summed E-state index contributed by atoms with van der Waals surface area (Å²) < 4.78 is 5.39. The van der Waals surface area contributed by atoms with Gasteiger partial charge in [0.15, 0.2) is 5.82 Å². The number of anilines is 1. The highest BCUT2D eigenvalue weighted by Gasteiger charge is 2.15. The molecule has 0 bridgehead atoms. The number of nitrogens with zero attached hydrogens (tertiary/aromatic N) is 2. The molecule has 5 heteroatoms. The molecule has 0 radical (unpaired) electrons. The zero-order chi connectivity index (χ0) is 15.4. The van der Waals surface area contributed by atoms with Crippen molar-refractivity contribution in [2.45, 2.75) is 20.3 Å². The summed E-state index contributed by atoms with van der Waals surface area (Å²) in [5.41, 5.74) is 1.71. The Hall–Kier alpha value is -1.81. The maximum atomic E-state index is 6.32. The van der Waals surface area contributed by atoms with Crippen LogP contribution in [-0.2, 0) is 6.42 Å². The van der Waals surface area contributed by atoms with E-state index in [2.05, 4.69) is 29.1 Å². The average molecular weight is 306 g/mol. The molecule has 2 rings (SSSR count). The normalized spacial score (nSPS) is 10.8. The second-order valence-electron chi connectivity index (χ2n) is 5.23. The quantitative estimate of drug-likeness (QED) is 0.905. The van der Waals surface area contributed by atoms with E-state index in [0.29, 0.717) is 22.5 Å². The molecule has 112 valence electrons. The lowest BCUT2D eigenvalue weighted by Gasteiger charge is -2.13. The van der Waals surface area contributed by atoms with Crippen LogP contribution in [0, 0.1) is 5.92 Å². The van der Waals surface area contributed by atoms with Gasteiger partial charge in [0.05, 0.1) is 17.7 Å². The third-order valence-electron chi connectivity index (χ3n) is 3.07. The van der Waals surface area contributed by atoms with Crippen molar-refractivity contribution in [3.05, 3.63) is 35.0 Å². The van der Waals surface area contributed by atoms with Crippen molar-refractivity contribution in [3.8, 4) is 17.1 Å². The van der Waals surface area contributed by atoms with Crippen LogP contribution in [-0.4, -0.2) is 24.1 Å². The Morgan fingerprint density at radius 2 is 2.05 bits per heavy atom. The van der Waals surface area contributed by atoms with Crippen LogP contribution >= 0.6 is 11.6 Å². The molecule has 0 spiro atoms. The van der Waals surface area contributed by atoms with Gasteiger partial charge in [-0.25, -0.2) is 9.97 Å². The molecular weight excluding hydrogens is 286 g/mol. The van der Waals surface area contributed by atoms with Crippen LogP contribution in [0.15, 0.2) is 24.3 Å². The van der Waals surface area contributed by atoms with E-state index in [4.69, 9.17) is 16.3 Å². The van der Waals surface area contributed by atoms with E-state index in [9.17, 15) is 0 Å². The number of aromatic nitrogens is 2. The van der Waals surface area contributed by atoms with Crippen molar-refractivity contribution in [2.75, 3.05) is 19.5 Å². The maximum absolute atomic E-state index is 6.32. The molecule has 1 N–H and O–H groups in total. The Kier molecular flexibility index (Phi) is 5.02. The predicted molar refractivity (Wildman–Crippen MR) is 87.1 cm³/mol. The molecule has 0 aliphatic rings. The van der Waals surface area contributed by atoms with Gasteiger partial charge in [0.1, 0.15) is 11.6 Å². The zero-order valence-electron chi connectivity index (χ0n) is 12.8. The van der Waals surface area contributed by atoms with Gasteiger partial charge in [0.2, 0.25) is 0 Å². The first-order chi connectivity index (χ1) is 10.0. The molecular formula is C16H20ClN3O. The second-order valence-corrected chi connectivity index (χ2v) is 5.64. The van der Waals surface area contributed by atoms with E-state index in [1.54, 1.807) is 7.11 Å². The lowest BCUT2D eigenvalue weighted by atomic mass is 10.1. The monoisotopic (exact) mass is 305 g/mol. The number of halogens is 1. The highest BCUT2D eigenvalue weighted by Crippen LogP contribution is 2.35. The van der Waals surface area contributed by atoms with Crippen LogP contribution in [0.3, 0.4) is 0 Å². The molecule has 0 aliphatic heterocycles. The average Bonchev–Trinajstić information content (AvgIpc) is 2.45. The van der Waals surface area contributed by atoms with Crippen molar-refractivity contribution >= 4 is 17.4 Å². The molecule has 1 aromatic heterocycles. The van der Waals surface area contributed by atoms with Crippen LogP contribution in [0.25, 0.3) is 11.4 Å². The maximum Gasteiger partial charge on any atom is 0.167 e. The number of nitrogens with one attached hydrogen (secondary N) is 1. The first kappa shape index (κ1) is 15.6. The Morgan fingerprint density at radius 3 is 2.67 bits per heavy atom. The van der Waals surface area contributed by atoms with Crippen molar-refractivity contribution in [3.63, 3.8) is 0 Å². The summed E-state index contributed by atoms with van der Waals surface area (Å²) in [6.45, 7) is 4.33. The van der Waals surface area contributed by atoms with Crippen LogP contribution < -0.4 is 10.1 Å². The number of ether oxygens (including phenoxy) is 1. The van der Waals surface area contributed by atoms with Gasteiger partial charge in [-0.05, 0) is 24.5 Å². The molecule has 1 heterocycles. The SMILES string of the molecule is CNc1cc(CC(C)C)nc(-c2c(Cl)cccc2OC)n1. The standard InChI is InChI=1S/C16H20ClN3O/c1-10(2)8-11-9-14(18-3)20-16(19-11)15-12(17)6-5-7-13(15)21-4/h5-7,9-10H,8H2,1-4H3,(H,18,19,20). The minimum absolute atomic E-state index is 0.519. The molecule has 2 aromatic rings. The second kappa shape index (κ2) is 6.76. The highest BCUT2D eigenvalue weighted by molar-refractivity contribution is 6.33. The van der Waals surface area contributed by atoms with E-state index < -0.39 is 0 Å². The summed E-state index contributed by atoms with van der Waals surface area (Å²) in [4.78, 5) is 9.16. The third kappa shape index (κ3) is 3.64. The number of rotatable bonds is 5. The number of methoxy groups -OCH3 is 1. The highest BCUT2D eigenvalue weighted by atomic mass is 35.5. The molecule has 0 atom stereocenters. The fourth-order valence-corrected chi connectivity index (χ4v) is 2.40. The number of hydrogen-bond donors (Lipinski definition) is 1. The van der Waals surface area contributed by atoms with Gasteiger partial charge in [-0.1, -0.05) is 31.5 Å². The summed E-state index contributed by atoms with van der Waals surface area (Å²) in [5, 5.41) is 3.65. The fraction of sp³-hybridized carbons (Fsp3) is 0.375. The van der Waals surface area contributed by atoms with E-state index in [0.717, 1.165) is 23.5 Å². The van der Waals surface area contributed by atoms with E-state index in [-0.39, 0.29) is 0 Å². The Labute approximate surface area is 130 Å². The van der Waals surface area contributed by atoms with Gasteiger partial charge in [-0.3, -0.25) is 0 Å². The summed E-state index contributed by atoms with van der Waals surface area (Å²) in [6, 6.07) is 7.49. The van der Waals surface area contributed by atoms with Crippen LogP contribution in [0.4, 0.5) is 5.82 Å². The molecule has 0 amide bonds. The van der Waals surface area contributed by atoms with Gasteiger partial charge in [0.25, 0.3) is 0 Å². The molecule has 1 aromatic carbocycles. The minimum Gasteiger partial charge on any atom is -0.496 e. The molecule has 0 saturated heterocycles. The van der Waals surface area contributed by atoms with Crippen LogP contribution in [0.5, 0.6) is 5.75 Å². The van der Waals surface area contributed by atoms with E-state index in [1.165, 1.54) is 0 Å².